The minimum Gasteiger partial charge on any atom is -0.508 e. The average Bonchev–Trinajstić information content (AvgIpc) is 2.80. The van der Waals surface area contributed by atoms with Gasteiger partial charge in [0.15, 0.2) is 0 Å². The molecule has 0 unspecified atom stereocenters. The van der Waals surface area contributed by atoms with Gasteiger partial charge in [-0.2, -0.15) is 0 Å². The zero-order valence-corrected chi connectivity index (χ0v) is 22.6. The van der Waals surface area contributed by atoms with Crippen LogP contribution in [0, 0.1) is 5.92 Å². The van der Waals surface area contributed by atoms with Gasteiger partial charge in [-0.25, -0.2) is 0 Å². The van der Waals surface area contributed by atoms with Gasteiger partial charge in [0.2, 0.25) is 5.91 Å². The summed E-state index contributed by atoms with van der Waals surface area (Å²) < 4.78 is 0. The van der Waals surface area contributed by atoms with E-state index in [9.17, 15) is 9.90 Å². The third-order valence-corrected chi connectivity index (χ3v) is 7.01. The molecule has 0 bridgehead atoms. The Morgan fingerprint density at radius 2 is 1.60 bits per heavy atom. The molecule has 0 fully saturated rings. The molecule has 0 saturated carbocycles. The SMILES string of the molecule is CC(C)CC(=O)N1CCCCCCCCN(Cc2cc(C(C)(C)C)ccc2O)Cc2ccccc21. The van der Waals surface area contributed by atoms with E-state index in [1.165, 1.54) is 36.8 Å². The second kappa shape index (κ2) is 12.6. The van der Waals surface area contributed by atoms with Gasteiger partial charge >= 0.3 is 0 Å². The summed E-state index contributed by atoms with van der Waals surface area (Å²) in [6.07, 6.45) is 7.64. The van der Waals surface area contributed by atoms with Crippen LogP contribution >= 0.6 is 0 Å². The highest BCUT2D eigenvalue weighted by Gasteiger charge is 2.22. The molecule has 0 radical (unpaired) electrons. The Morgan fingerprint density at radius 3 is 2.29 bits per heavy atom. The highest BCUT2D eigenvalue weighted by atomic mass is 16.3. The van der Waals surface area contributed by atoms with E-state index in [0.29, 0.717) is 24.6 Å². The summed E-state index contributed by atoms with van der Waals surface area (Å²) in [6, 6.07) is 14.5. The molecule has 1 aliphatic heterocycles. The standard InChI is InChI=1S/C31H46N2O2/c1-24(2)20-30(35)33-19-13-9-7-6-8-12-18-32(22-25-14-10-11-15-28(25)33)23-26-21-27(31(3,4)5)16-17-29(26)34/h10-11,14-17,21,24,34H,6-9,12-13,18-20,22-23H2,1-5H3. The van der Waals surface area contributed by atoms with Crippen LogP contribution in [-0.4, -0.2) is 29.0 Å². The summed E-state index contributed by atoms with van der Waals surface area (Å²) in [4.78, 5) is 17.8. The number of benzene rings is 2. The van der Waals surface area contributed by atoms with Gasteiger partial charge in [0, 0.05) is 37.3 Å². The molecule has 35 heavy (non-hydrogen) atoms. The Labute approximate surface area is 213 Å². The first-order valence-electron chi connectivity index (χ1n) is 13.6. The van der Waals surface area contributed by atoms with Crippen LogP contribution in [0.15, 0.2) is 42.5 Å². The fourth-order valence-corrected chi connectivity index (χ4v) is 4.93. The molecule has 0 atom stereocenters. The van der Waals surface area contributed by atoms with Crippen LogP contribution in [0.2, 0.25) is 0 Å². The number of fused-ring (bicyclic) bond motifs is 1. The Bertz CT molecular complexity index is 961. The van der Waals surface area contributed by atoms with Crippen molar-refractivity contribution >= 4 is 11.6 Å². The Kier molecular flexibility index (Phi) is 9.80. The maximum absolute atomic E-state index is 13.3. The largest absolute Gasteiger partial charge is 0.508 e. The van der Waals surface area contributed by atoms with E-state index in [-0.39, 0.29) is 11.3 Å². The predicted molar refractivity (Wildman–Crippen MR) is 147 cm³/mol. The smallest absolute Gasteiger partial charge is 0.227 e. The van der Waals surface area contributed by atoms with Crippen molar-refractivity contribution in [3.8, 4) is 5.75 Å². The molecule has 3 rings (SSSR count). The summed E-state index contributed by atoms with van der Waals surface area (Å²) in [6.45, 7) is 14.1. The van der Waals surface area contributed by atoms with E-state index in [0.717, 1.165) is 43.7 Å². The molecule has 1 aliphatic rings. The maximum Gasteiger partial charge on any atom is 0.227 e. The van der Waals surface area contributed by atoms with Crippen molar-refractivity contribution in [2.45, 2.75) is 98.1 Å². The van der Waals surface area contributed by atoms with Gasteiger partial charge in [-0.1, -0.05) is 90.6 Å². The molecule has 4 heteroatoms. The number of hydrogen-bond acceptors (Lipinski definition) is 3. The van der Waals surface area contributed by atoms with Gasteiger partial charge in [0.25, 0.3) is 0 Å². The molecule has 2 aromatic carbocycles. The van der Waals surface area contributed by atoms with Gasteiger partial charge in [-0.3, -0.25) is 9.69 Å². The Balaban J connectivity index is 1.93. The number of para-hydroxylation sites is 1. The van der Waals surface area contributed by atoms with E-state index in [2.05, 4.69) is 69.9 Å². The fourth-order valence-electron chi connectivity index (χ4n) is 4.93. The van der Waals surface area contributed by atoms with Gasteiger partial charge in [-0.05, 0) is 54.0 Å². The Hall–Kier alpha value is -2.33. The number of phenolic OH excluding ortho intramolecular Hbond substituents is 1. The van der Waals surface area contributed by atoms with Gasteiger partial charge in [0.05, 0.1) is 0 Å². The molecule has 2 aromatic rings. The third-order valence-electron chi connectivity index (χ3n) is 7.01. The fraction of sp³-hybridized carbons (Fsp3) is 0.581. The van der Waals surface area contributed by atoms with Crippen LogP contribution in [0.3, 0.4) is 0 Å². The first-order valence-corrected chi connectivity index (χ1v) is 13.6. The summed E-state index contributed by atoms with van der Waals surface area (Å²) in [5, 5.41) is 10.7. The number of aromatic hydroxyl groups is 1. The van der Waals surface area contributed by atoms with Crippen molar-refractivity contribution in [2.24, 2.45) is 5.92 Å². The molecule has 0 saturated heterocycles. The molecule has 192 valence electrons. The van der Waals surface area contributed by atoms with Gasteiger partial charge < -0.3 is 10.0 Å². The molecule has 4 nitrogen and oxygen atoms in total. The molecular weight excluding hydrogens is 432 g/mol. The number of anilines is 1. The lowest BCUT2D eigenvalue weighted by molar-refractivity contribution is -0.119. The minimum absolute atomic E-state index is 0.0341. The lowest BCUT2D eigenvalue weighted by Gasteiger charge is -2.29. The lowest BCUT2D eigenvalue weighted by atomic mass is 9.86. The van der Waals surface area contributed by atoms with Crippen molar-refractivity contribution in [3.63, 3.8) is 0 Å². The summed E-state index contributed by atoms with van der Waals surface area (Å²) in [5.74, 6) is 0.932. The monoisotopic (exact) mass is 478 g/mol. The molecule has 0 spiro atoms. The zero-order valence-electron chi connectivity index (χ0n) is 22.6. The number of carbonyl (C=O) groups excluding carboxylic acids is 1. The van der Waals surface area contributed by atoms with E-state index >= 15 is 0 Å². The number of hydrogen-bond donors (Lipinski definition) is 1. The summed E-state index contributed by atoms with van der Waals surface area (Å²) in [5.41, 5.74) is 4.49. The number of phenols is 1. The average molecular weight is 479 g/mol. The quantitative estimate of drug-likeness (QED) is 0.497. The van der Waals surface area contributed by atoms with Crippen LogP contribution in [-0.2, 0) is 23.3 Å². The van der Waals surface area contributed by atoms with Crippen molar-refractivity contribution in [2.75, 3.05) is 18.0 Å². The maximum atomic E-state index is 13.3. The second-order valence-corrected chi connectivity index (χ2v) is 11.7. The van der Waals surface area contributed by atoms with Crippen LogP contribution in [0.25, 0.3) is 0 Å². The van der Waals surface area contributed by atoms with E-state index in [1.54, 1.807) is 0 Å². The number of nitrogens with zero attached hydrogens (tertiary/aromatic N) is 2. The summed E-state index contributed by atoms with van der Waals surface area (Å²) >= 11 is 0. The second-order valence-electron chi connectivity index (χ2n) is 11.7. The molecule has 0 aliphatic carbocycles. The Morgan fingerprint density at radius 1 is 0.943 bits per heavy atom. The molecule has 1 amide bonds. The molecule has 0 aromatic heterocycles. The van der Waals surface area contributed by atoms with Crippen molar-refractivity contribution in [3.05, 3.63) is 59.2 Å². The van der Waals surface area contributed by atoms with Crippen molar-refractivity contribution < 1.29 is 9.90 Å². The first-order chi connectivity index (χ1) is 16.6. The molecule has 1 N–H and O–H groups in total. The van der Waals surface area contributed by atoms with Gasteiger partial charge in [0.1, 0.15) is 5.75 Å². The minimum atomic E-state index is 0.0341. The lowest BCUT2D eigenvalue weighted by Crippen LogP contribution is -2.34. The highest BCUT2D eigenvalue weighted by molar-refractivity contribution is 5.94. The van der Waals surface area contributed by atoms with E-state index in [1.807, 2.05) is 17.0 Å². The number of amides is 1. The zero-order chi connectivity index (χ0) is 25.4. The van der Waals surface area contributed by atoms with E-state index in [4.69, 9.17) is 0 Å². The van der Waals surface area contributed by atoms with Crippen LogP contribution in [0.1, 0.15) is 96.3 Å². The molecular formula is C31H46N2O2. The molecule has 1 heterocycles. The van der Waals surface area contributed by atoms with E-state index < -0.39 is 0 Å². The van der Waals surface area contributed by atoms with Crippen molar-refractivity contribution in [1.29, 1.82) is 0 Å². The van der Waals surface area contributed by atoms with Crippen LogP contribution < -0.4 is 4.90 Å². The van der Waals surface area contributed by atoms with Crippen molar-refractivity contribution in [1.82, 2.24) is 4.90 Å². The normalized spacial score (nSPS) is 16.8. The topological polar surface area (TPSA) is 43.8 Å². The van der Waals surface area contributed by atoms with Gasteiger partial charge in [-0.15, -0.1) is 0 Å². The first kappa shape index (κ1) is 27.3. The number of carbonyl (C=O) groups is 1. The predicted octanol–water partition coefficient (Wildman–Crippen LogP) is 7.43. The third kappa shape index (κ3) is 8.10. The van der Waals surface area contributed by atoms with Crippen LogP contribution in [0.5, 0.6) is 5.75 Å². The number of rotatable bonds is 4. The highest BCUT2D eigenvalue weighted by Crippen LogP contribution is 2.30. The summed E-state index contributed by atoms with van der Waals surface area (Å²) in [7, 11) is 0. The van der Waals surface area contributed by atoms with Crippen LogP contribution in [0.4, 0.5) is 5.69 Å².